The third-order valence-corrected chi connectivity index (χ3v) is 7.45. The summed E-state index contributed by atoms with van der Waals surface area (Å²) in [5.41, 5.74) is -0.00664. The van der Waals surface area contributed by atoms with Crippen molar-refractivity contribution in [1.29, 1.82) is 0 Å². The molecule has 2 heteroatoms. The SMILES string of the molecule is CCCCCCCCCCCCCCCCCCCCC1(N(C)[O-])CCCCC1. The van der Waals surface area contributed by atoms with Crippen LogP contribution in [0.3, 0.4) is 0 Å². The topological polar surface area (TPSA) is 26.3 Å². The lowest BCUT2D eigenvalue weighted by molar-refractivity contribution is 0.106. The Bertz CT molecular complexity index is 335. The zero-order chi connectivity index (χ0) is 21.0. The van der Waals surface area contributed by atoms with Gasteiger partial charge in [0, 0.05) is 5.54 Å². The van der Waals surface area contributed by atoms with E-state index in [9.17, 15) is 5.21 Å². The molecule has 0 aromatic heterocycles. The molecule has 1 saturated carbocycles. The molecule has 1 aliphatic carbocycles. The fourth-order valence-corrected chi connectivity index (χ4v) is 5.29. The van der Waals surface area contributed by atoms with E-state index in [1.165, 1.54) is 140 Å². The highest BCUT2D eigenvalue weighted by Crippen LogP contribution is 2.36. The molecule has 0 unspecified atom stereocenters. The van der Waals surface area contributed by atoms with Crippen LogP contribution in [-0.2, 0) is 0 Å². The largest absolute Gasteiger partial charge is 0.785 e. The van der Waals surface area contributed by atoms with Gasteiger partial charge in [-0.15, -0.1) is 0 Å². The Morgan fingerprint density at radius 2 is 0.897 bits per heavy atom. The Morgan fingerprint density at radius 1 is 0.552 bits per heavy atom. The van der Waals surface area contributed by atoms with Crippen molar-refractivity contribution >= 4 is 0 Å². The highest BCUT2D eigenvalue weighted by atomic mass is 16.5. The van der Waals surface area contributed by atoms with E-state index < -0.39 is 0 Å². The molecule has 0 spiro atoms. The Hall–Kier alpha value is -0.0800. The number of rotatable bonds is 20. The summed E-state index contributed by atoms with van der Waals surface area (Å²) in [4.78, 5) is 0. The average Bonchev–Trinajstić information content (AvgIpc) is 2.73. The molecule has 0 saturated heterocycles. The van der Waals surface area contributed by atoms with Crippen LogP contribution >= 0.6 is 0 Å². The first-order chi connectivity index (χ1) is 14.2. The molecule has 29 heavy (non-hydrogen) atoms. The van der Waals surface area contributed by atoms with Crippen LogP contribution in [0.2, 0.25) is 0 Å². The van der Waals surface area contributed by atoms with Gasteiger partial charge in [-0.2, -0.15) is 0 Å². The second kappa shape index (κ2) is 18.7. The molecular weight excluding hydrogens is 354 g/mol. The van der Waals surface area contributed by atoms with E-state index in [1.807, 2.05) is 0 Å². The van der Waals surface area contributed by atoms with Crippen molar-refractivity contribution in [2.45, 2.75) is 167 Å². The molecule has 0 N–H and O–H groups in total. The lowest BCUT2D eigenvalue weighted by Crippen LogP contribution is -2.44. The molecule has 0 atom stereocenters. The summed E-state index contributed by atoms with van der Waals surface area (Å²) in [7, 11) is 1.76. The zero-order valence-electron chi connectivity index (χ0n) is 20.3. The summed E-state index contributed by atoms with van der Waals surface area (Å²) in [6.07, 6.45) is 32.8. The molecule has 0 radical (unpaired) electrons. The van der Waals surface area contributed by atoms with Crippen LogP contribution < -0.4 is 0 Å². The quantitative estimate of drug-likeness (QED) is 0.148. The molecule has 0 amide bonds. The Balaban J connectivity index is 1.79. The third kappa shape index (κ3) is 13.8. The first kappa shape index (κ1) is 27.0. The smallest absolute Gasteiger partial charge is 0.00884 e. The fourth-order valence-electron chi connectivity index (χ4n) is 5.29. The molecule has 2 nitrogen and oxygen atoms in total. The molecule has 1 rings (SSSR count). The maximum absolute atomic E-state index is 12.1. The van der Waals surface area contributed by atoms with E-state index in [-0.39, 0.29) is 5.54 Å². The van der Waals surface area contributed by atoms with Crippen LogP contribution in [0, 0.1) is 5.21 Å². The Morgan fingerprint density at radius 3 is 1.24 bits per heavy atom. The van der Waals surface area contributed by atoms with Crippen molar-refractivity contribution in [1.82, 2.24) is 5.06 Å². The van der Waals surface area contributed by atoms with Crippen molar-refractivity contribution in [3.8, 4) is 0 Å². The second-order valence-corrected chi connectivity index (χ2v) is 10.0. The van der Waals surface area contributed by atoms with E-state index in [4.69, 9.17) is 0 Å². The summed E-state index contributed by atoms with van der Waals surface area (Å²) >= 11 is 0. The fraction of sp³-hybridized carbons (Fsp3) is 1.00. The number of hydrogen-bond donors (Lipinski definition) is 0. The number of hydrogen-bond acceptors (Lipinski definition) is 2. The van der Waals surface area contributed by atoms with Crippen molar-refractivity contribution in [3.05, 3.63) is 5.21 Å². The highest BCUT2D eigenvalue weighted by Gasteiger charge is 2.30. The Kier molecular flexibility index (Phi) is 17.4. The first-order valence-corrected chi connectivity index (χ1v) is 13.6. The van der Waals surface area contributed by atoms with Crippen LogP contribution in [0.4, 0.5) is 0 Å². The molecule has 0 aromatic rings. The number of nitrogens with zero attached hydrogens (tertiary/aromatic N) is 1. The number of unbranched alkanes of at least 4 members (excludes halogenated alkanes) is 17. The summed E-state index contributed by atoms with van der Waals surface area (Å²) in [5.74, 6) is 0. The monoisotopic (exact) mass is 408 g/mol. The standard InChI is InChI=1S/C27H54NO/c1-3-4-5-6-7-8-9-10-11-12-13-14-15-16-17-18-19-21-24-27(28(2)29)25-22-20-23-26-27/h3-26H2,1-2H3/q-1. The minimum Gasteiger partial charge on any atom is -0.785 e. The van der Waals surface area contributed by atoms with E-state index in [0.717, 1.165) is 19.3 Å². The normalized spacial score (nSPS) is 16.6. The van der Waals surface area contributed by atoms with Gasteiger partial charge in [-0.1, -0.05) is 142 Å². The van der Waals surface area contributed by atoms with Gasteiger partial charge in [0.05, 0.1) is 0 Å². The minimum absolute atomic E-state index is 0.00664. The van der Waals surface area contributed by atoms with Gasteiger partial charge >= 0.3 is 0 Å². The summed E-state index contributed by atoms with van der Waals surface area (Å²) in [5, 5.41) is 13.4. The Labute approximate surface area is 184 Å². The molecule has 0 bridgehead atoms. The van der Waals surface area contributed by atoms with Crippen LogP contribution in [0.25, 0.3) is 0 Å². The van der Waals surface area contributed by atoms with E-state index in [0.29, 0.717) is 0 Å². The maximum atomic E-state index is 12.1. The van der Waals surface area contributed by atoms with E-state index in [1.54, 1.807) is 7.05 Å². The number of hydroxylamine groups is 2. The van der Waals surface area contributed by atoms with Gasteiger partial charge in [-0.3, -0.25) is 0 Å². The van der Waals surface area contributed by atoms with E-state index in [2.05, 4.69) is 6.92 Å². The van der Waals surface area contributed by atoms with Gasteiger partial charge in [0.2, 0.25) is 0 Å². The van der Waals surface area contributed by atoms with Gasteiger partial charge in [0.1, 0.15) is 0 Å². The summed E-state index contributed by atoms with van der Waals surface area (Å²) < 4.78 is 0. The van der Waals surface area contributed by atoms with Crippen molar-refractivity contribution < 1.29 is 0 Å². The lowest BCUT2D eigenvalue weighted by atomic mass is 9.78. The zero-order valence-corrected chi connectivity index (χ0v) is 20.3. The predicted octanol–water partition coefficient (Wildman–Crippen LogP) is 9.55. The molecule has 0 aromatic carbocycles. The van der Waals surface area contributed by atoms with Crippen molar-refractivity contribution in [3.63, 3.8) is 0 Å². The maximum Gasteiger partial charge on any atom is 0.00884 e. The molecule has 1 fully saturated rings. The van der Waals surface area contributed by atoms with Gasteiger partial charge in [0.15, 0.2) is 0 Å². The van der Waals surface area contributed by atoms with Gasteiger partial charge < -0.3 is 10.3 Å². The second-order valence-electron chi connectivity index (χ2n) is 10.0. The molecule has 1 aliphatic rings. The van der Waals surface area contributed by atoms with E-state index >= 15 is 0 Å². The van der Waals surface area contributed by atoms with Crippen LogP contribution in [-0.4, -0.2) is 17.6 Å². The van der Waals surface area contributed by atoms with Gasteiger partial charge in [0.25, 0.3) is 0 Å². The summed E-state index contributed by atoms with van der Waals surface area (Å²) in [6, 6.07) is 0. The highest BCUT2D eigenvalue weighted by molar-refractivity contribution is 4.92. The van der Waals surface area contributed by atoms with Crippen LogP contribution in [0.1, 0.15) is 161 Å². The van der Waals surface area contributed by atoms with Gasteiger partial charge in [-0.25, -0.2) is 0 Å². The van der Waals surface area contributed by atoms with Crippen molar-refractivity contribution in [2.75, 3.05) is 7.05 Å². The van der Waals surface area contributed by atoms with Gasteiger partial charge in [-0.05, 0) is 26.3 Å². The lowest BCUT2D eigenvalue weighted by Gasteiger charge is -2.49. The van der Waals surface area contributed by atoms with Crippen molar-refractivity contribution in [2.24, 2.45) is 0 Å². The third-order valence-electron chi connectivity index (χ3n) is 7.45. The first-order valence-electron chi connectivity index (χ1n) is 13.6. The average molecular weight is 409 g/mol. The molecule has 0 heterocycles. The van der Waals surface area contributed by atoms with Crippen LogP contribution in [0.15, 0.2) is 0 Å². The molecule has 174 valence electrons. The molecule has 0 aliphatic heterocycles. The molecular formula is C27H54NO-. The van der Waals surface area contributed by atoms with Crippen LogP contribution in [0.5, 0.6) is 0 Å². The predicted molar refractivity (Wildman–Crippen MR) is 130 cm³/mol. The summed E-state index contributed by atoms with van der Waals surface area (Å²) in [6.45, 7) is 2.30. The minimum atomic E-state index is -0.00664.